The number of fused-ring (bicyclic) bond motifs is 1. The van der Waals surface area contributed by atoms with Gasteiger partial charge in [-0.25, -0.2) is 0 Å². The molecule has 2 aliphatic rings. The highest BCUT2D eigenvalue weighted by Crippen LogP contribution is 2.51. The summed E-state index contributed by atoms with van der Waals surface area (Å²) in [5, 5.41) is 1.12. The van der Waals surface area contributed by atoms with Crippen LogP contribution in [0.15, 0.2) is 46.0 Å². The van der Waals surface area contributed by atoms with Gasteiger partial charge >= 0.3 is 0 Å². The van der Waals surface area contributed by atoms with Gasteiger partial charge in [-0.15, -0.1) is 0 Å². The van der Waals surface area contributed by atoms with E-state index in [1.54, 1.807) is 7.11 Å². The molecule has 0 unspecified atom stereocenters. The van der Waals surface area contributed by atoms with Crippen molar-refractivity contribution in [3.8, 4) is 11.5 Å². The van der Waals surface area contributed by atoms with Crippen molar-refractivity contribution >= 4 is 32.9 Å². The molecule has 1 saturated heterocycles. The van der Waals surface area contributed by atoms with Gasteiger partial charge in [0.25, 0.3) is 0 Å². The molecule has 0 saturated carbocycles. The van der Waals surface area contributed by atoms with Crippen LogP contribution in [0, 0.1) is 0 Å². The van der Waals surface area contributed by atoms with Crippen LogP contribution in [0.5, 0.6) is 11.5 Å². The predicted molar refractivity (Wildman–Crippen MR) is 117 cm³/mol. The number of methoxy groups -OCH3 is 1. The third kappa shape index (κ3) is 3.39. The van der Waals surface area contributed by atoms with Crippen molar-refractivity contribution < 1.29 is 9.47 Å². The molecule has 0 N–H and O–H groups in total. The summed E-state index contributed by atoms with van der Waals surface area (Å²) in [4.78, 5) is 12.2. The number of aromatic nitrogens is 1. The van der Waals surface area contributed by atoms with Crippen LogP contribution in [-0.2, 0) is 0 Å². The highest BCUT2D eigenvalue weighted by Gasteiger charge is 2.46. The smallest absolute Gasteiger partial charge is 0.161 e. The fourth-order valence-electron chi connectivity index (χ4n) is 3.89. The average molecular weight is 462 g/mol. The first-order valence-corrected chi connectivity index (χ1v) is 11.4. The van der Waals surface area contributed by atoms with Crippen LogP contribution in [0.2, 0.25) is 0 Å². The second-order valence-electron chi connectivity index (χ2n) is 6.79. The van der Waals surface area contributed by atoms with E-state index in [0.29, 0.717) is 12.6 Å². The molecule has 28 heavy (non-hydrogen) atoms. The van der Waals surface area contributed by atoms with Crippen molar-refractivity contribution in [1.82, 2.24) is 9.88 Å². The second kappa shape index (κ2) is 8.33. The lowest BCUT2D eigenvalue weighted by molar-refractivity contribution is 0.252. The summed E-state index contributed by atoms with van der Waals surface area (Å²) in [6.45, 7) is 4.82. The number of nitrogens with zero attached hydrogens (tertiary/aromatic N) is 3. The Balaban J connectivity index is 1.83. The van der Waals surface area contributed by atoms with Gasteiger partial charge in [0, 0.05) is 22.5 Å². The molecule has 1 aromatic heterocycles. The van der Waals surface area contributed by atoms with Crippen molar-refractivity contribution in [3.05, 3.63) is 52.3 Å². The van der Waals surface area contributed by atoms with E-state index in [2.05, 4.69) is 44.9 Å². The van der Waals surface area contributed by atoms with E-state index in [-0.39, 0.29) is 12.1 Å². The largest absolute Gasteiger partial charge is 0.493 e. The molecule has 4 rings (SSSR count). The number of pyridine rings is 1. The first kappa shape index (κ1) is 19.6. The minimum absolute atomic E-state index is 0.0442. The van der Waals surface area contributed by atoms with Gasteiger partial charge in [-0.2, -0.15) is 0 Å². The van der Waals surface area contributed by atoms with Crippen LogP contribution in [0.3, 0.4) is 0 Å². The fraction of sp³-hybridized carbons (Fsp3) is 0.429. The lowest BCUT2D eigenvalue weighted by Crippen LogP contribution is -2.35. The summed E-state index contributed by atoms with van der Waals surface area (Å²) in [7, 11) is 1.67. The lowest BCUT2D eigenvalue weighted by atomic mass is 9.95. The number of hydrogen-bond donors (Lipinski definition) is 0. The number of ether oxygens (including phenoxy) is 2. The van der Waals surface area contributed by atoms with Crippen LogP contribution in [0.25, 0.3) is 0 Å². The average Bonchev–Trinajstić information content (AvgIpc) is 3.29. The van der Waals surface area contributed by atoms with Crippen LogP contribution >= 0.6 is 27.7 Å². The lowest BCUT2D eigenvalue weighted by Gasteiger charge is -2.32. The molecule has 3 atom stereocenters. The third-order valence-corrected chi connectivity index (χ3v) is 7.04. The van der Waals surface area contributed by atoms with Gasteiger partial charge in [-0.1, -0.05) is 40.7 Å². The van der Waals surface area contributed by atoms with E-state index in [4.69, 9.17) is 14.5 Å². The Morgan fingerprint density at radius 3 is 2.79 bits per heavy atom. The van der Waals surface area contributed by atoms with Gasteiger partial charge in [0.2, 0.25) is 0 Å². The van der Waals surface area contributed by atoms with Gasteiger partial charge < -0.3 is 14.4 Å². The summed E-state index contributed by atoms with van der Waals surface area (Å²) in [5.74, 6) is 2.57. The molecule has 7 heteroatoms. The summed E-state index contributed by atoms with van der Waals surface area (Å²) in [6, 6.07) is 10.6. The quantitative estimate of drug-likeness (QED) is 0.588. The third-order valence-electron chi connectivity index (χ3n) is 5.23. The van der Waals surface area contributed by atoms with Crippen molar-refractivity contribution in [2.45, 2.75) is 38.4 Å². The van der Waals surface area contributed by atoms with Crippen LogP contribution in [0.1, 0.15) is 43.6 Å². The monoisotopic (exact) mass is 461 g/mol. The fourth-order valence-corrected chi connectivity index (χ4v) is 5.79. The number of benzene rings is 1. The van der Waals surface area contributed by atoms with E-state index in [1.165, 1.54) is 0 Å². The van der Waals surface area contributed by atoms with Gasteiger partial charge in [0.1, 0.15) is 6.04 Å². The SMILES string of the molecule is CCOc1cc([C@@H]2[C@@H](c3ccccn3)N=C3SC[C@H](CC)N32)c(Br)cc1OC. The van der Waals surface area contributed by atoms with Crippen molar-refractivity contribution in [2.24, 2.45) is 4.99 Å². The number of amidine groups is 1. The number of thioether (sulfide) groups is 1. The number of aliphatic imine (C=N–C) groups is 1. The van der Waals surface area contributed by atoms with Crippen LogP contribution < -0.4 is 9.47 Å². The summed E-state index contributed by atoms with van der Waals surface area (Å²) < 4.78 is 12.4. The molecule has 1 aromatic carbocycles. The molecule has 5 nitrogen and oxygen atoms in total. The van der Waals surface area contributed by atoms with Gasteiger partial charge in [0.05, 0.1) is 25.5 Å². The molecular formula is C21H24BrN3O2S. The normalized spacial score (nSPS) is 23.5. The minimum Gasteiger partial charge on any atom is -0.493 e. The maximum Gasteiger partial charge on any atom is 0.161 e. The molecule has 0 bridgehead atoms. The molecule has 1 fully saturated rings. The Morgan fingerprint density at radius 1 is 1.25 bits per heavy atom. The molecule has 148 valence electrons. The topological polar surface area (TPSA) is 47.0 Å². The first-order chi connectivity index (χ1) is 13.7. The number of halogens is 1. The molecule has 0 aliphatic carbocycles. The minimum atomic E-state index is -0.0442. The Hall–Kier alpha value is -1.73. The highest BCUT2D eigenvalue weighted by atomic mass is 79.9. The van der Waals surface area contributed by atoms with E-state index < -0.39 is 0 Å². The highest BCUT2D eigenvalue weighted by molar-refractivity contribution is 9.10. The predicted octanol–water partition coefficient (Wildman–Crippen LogP) is 5.23. The van der Waals surface area contributed by atoms with Crippen molar-refractivity contribution in [2.75, 3.05) is 19.5 Å². The van der Waals surface area contributed by atoms with E-state index in [1.807, 2.05) is 43.1 Å². The summed E-state index contributed by atoms with van der Waals surface area (Å²) in [5.41, 5.74) is 2.14. The Bertz CT molecular complexity index is 877. The zero-order valence-corrected chi connectivity index (χ0v) is 18.7. The van der Waals surface area contributed by atoms with E-state index >= 15 is 0 Å². The van der Waals surface area contributed by atoms with Gasteiger partial charge in [-0.3, -0.25) is 9.98 Å². The first-order valence-electron chi connectivity index (χ1n) is 9.58. The molecule has 0 amide bonds. The zero-order chi connectivity index (χ0) is 19.7. The summed E-state index contributed by atoms with van der Waals surface area (Å²) in [6.07, 6.45) is 2.93. The Kier molecular flexibility index (Phi) is 5.83. The number of rotatable bonds is 6. The van der Waals surface area contributed by atoms with E-state index in [0.717, 1.165) is 44.6 Å². The molecule has 2 aliphatic heterocycles. The molecular weight excluding hydrogens is 438 g/mol. The molecule has 2 aromatic rings. The van der Waals surface area contributed by atoms with Crippen LogP contribution in [0.4, 0.5) is 0 Å². The zero-order valence-electron chi connectivity index (χ0n) is 16.3. The number of hydrogen-bond acceptors (Lipinski definition) is 6. The summed E-state index contributed by atoms with van der Waals surface area (Å²) >= 11 is 5.63. The molecule has 3 heterocycles. The van der Waals surface area contributed by atoms with Gasteiger partial charge in [-0.05, 0) is 43.2 Å². The van der Waals surface area contributed by atoms with Crippen LogP contribution in [-0.4, -0.2) is 40.6 Å². The molecule has 0 spiro atoms. The van der Waals surface area contributed by atoms with Gasteiger partial charge in [0.15, 0.2) is 16.7 Å². The van der Waals surface area contributed by atoms with E-state index in [9.17, 15) is 0 Å². The Labute approximate surface area is 178 Å². The Morgan fingerprint density at radius 2 is 2.11 bits per heavy atom. The maximum atomic E-state index is 5.87. The van der Waals surface area contributed by atoms with Crippen molar-refractivity contribution in [3.63, 3.8) is 0 Å². The standard InChI is InChI=1S/C21H24BrN3O2S/c1-4-13-12-28-21-24-19(16-8-6-7-9-23-16)20(25(13)21)14-10-18(27-5-2)17(26-3)11-15(14)22/h6-11,13,19-20H,4-5,12H2,1-3H3/t13-,19+,20+/m0/s1. The maximum absolute atomic E-state index is 5.87. The molecule has 0 radical (unpaired) electrons. The van der Waals surface area contributed by atoms with Crippen molar-refractivity contribution in [1.29, 1.82) is 0 Å². The second-order valence-corrected chi connectivity index (χ2v) is 8.64.